The van der Waals surface area contributed by atoms with Crippen molar-refractivity contribution < 1.29 is 0 Å². The molecule has 0 atom stereocenters. The first-order valence-corrected chi connectivity index (χ1v) is 4.55. The summed E-state index contributed by atoms with van der Waals surface area (Å²) >= 11 is 0. The van der Waals surface area contributed by atoms with Gasteiger partial charge in [0.15, 0.2) is 0 Å². The predicted octanol–water partition coefficient (Wildman–Crippen LogP) is 0.536. The van der Waals surface area contributed by atoms with E-state index in [0.29, 0.717) is 5.69 Å². The van der Waals surface area contributed by atoms with Gasteiger partial charge in [-0.15, -0.1) is 0 Å². The van der Waals surface area contributed by atoms with Crippen LogP contribution in [0.5, 0.6) is 0 Å². The maximum Gasteiger partial charge on any atom is 0.270 e. The van der Waals surface area contributed by atoms with E-state index >= 15 is 0 Å². The highest BCUT2D eigenvalue weighted by molar-refractivity contribution is 5.29. The minimum atomic E-state index is -0.219. The van der Waals surface area contributed by atoms with Crippen LogP contribution in [-0.4, -0.2) is 9.36 Å². The number of benzene rings is 1. The molecular formula is C11H10N2O2. The van der Waals surface area contributed by atoms with Crippen molar-refractivity contribution in [2.24, 2.45) is 7.05 Å². The smallest absolute Gasteiger partial charge is 0.268 e. The highest BCUT2D eigenvalue weighted by atomic mass is 16.2. The van der Waals surface area contributed by atoms with Gasteiger partial charge >= 0.3 is 0 Å². The highest BCUT2D eigenvalue weighted by Crippen LogP contribution is 2.01. The quantitative estimate of drug-likeness (QED) is 0.677. The second kappa shape index (κ2) is 3.57. The minimum absolute atomic E-state index is 0.210. The summed E-state index contributed by atoms with van der Waals surface area (Å²) in [6.45, 7) is 0. The number of aromatic nitrogens is 2. The molecule has 0 amide bonds. The van der Waals surface area contributed by atoms with Gasteiger partial charge in [0.1, 0.15) is 0 Å². The van der Waals surface area contributed by atoms with Crippen LogP contribution in [0.4, 0.5) is 0 Å². The standard InChI is InChI=1S/C11H10N2O2/c1-12-10(14)7-8-11(15)13(12)9-5-3-2-4-6-9/h2-8H,1H3. The van der Waals surface area contributed by atoms with Gasteiger partial charge in [-0.2, -0.15) is 0 Å². The molecule has 1 aromatic carbocycles. The van der Waals surface area contributed by atoms with Gasteiger partial charge in [0, 0.05) is 19.2 Å². The Kier molecular flexibility index (Phi) is 2.25. The van der Waals surface area contributed by atoms with E-state index in [1.165, 1.54) is 21.5 Å². The van der Waals surface area contributed by atoms with Gasteiger partial charge in [-0.1, -0.05) is 18.2 Å². The molecule has 4 nitrogen and oxygen atoms in total. The van der Waals surface area contributed by atoms with Crippen LogP contribution >= 0.6 is 0 Å². The molecular weight excluding hydrogens is 192 g/mol. The fraction of sp³-hybridized carbons (Fsp3) is 0.0909. The predicted molar refractivity (Wildman–Crippen MR) is 57.3 cm³/mol. The first-order chi connectivity index (χ1) is 7.20. The van der Waals surface area contributed by atoms with E-state index in [1.54, 1.807) is 19.2 Å². The molecule has 0 saturated carbocycles. The lowest BCUT2D eigenvalue weighted by Crippen LogP contribution is -2.34. The maximum atomic E-state index is 11.6. The Labute approximate surface area is 86.0 Å². The fourth-order valence-electron chi connectivity index (χ4n) is 1.44. The van der Waals surface area contributed by atoms with Crippen molar-refractivity contribution in [2.75, 3.05) is 0 Å². The number of hydrogen-bond acceptors (Lipinski definition) is 2. The molecule has 4 heteroatoms. The molecule has 0 unspecified atom stereocenters. The molecule has 1 aromatic heterocycles. The van der Waals surface area contributed by atoms with Gasteiger partial charge in [-0.05, 0) is 12.1 Å². The number of rotatable bonds is 1. The van der Waals surface area contributed by atoms with Gasteiger partial charge in [-0.3, -0.25) is 9.59 Å². The normalized spacial score (nSPS) is 10.2. The molecule has 0 bridgehead atoms. The molecule has 0 saturated heterocycles. The Morgan fingerprint density at radius 3 is 2.13 bits per heavy atom. The van der Waals surface area contributed by atoms with Gasteiger partial charge < -0.3 is 0 Å². The van der Waals surface area contributed by atoms with Gasteiger partial charge in [0.2, 0.25) is 0 Å². The Bertz CT molecular complexity index is 582. The van der Waals surface area contributed by atoms with Crippen LogP contribution in [0.25, 0.3) is 5.69 Å². The molecule has 0 aliphatic heterocycles. The average Bonchev–Trinajstić information content (AvgIpc) is 2.26. The van der Waals surface area contributed by atoms with Gasteiger partial charge in [0.25, 0.3) is 11.1 Å². The zero-order chi connectivity index (χ0) is 10.8. The average molecular weight is 202 g/mol. The Balaban J connectivity index is 2.79. The Hall–Kier alpha value is -2.10. The van der Waals surface area contributed by atoms with Crippen molar-refractivity contribution in [3.8, 4) is 5.69 Å². The second-order valence-electron chi connectivity index (χ2n) is 3.18. The van der Waals surface area contributed by atoms with E-state index in [9.17, 15) is 9.59 Å². The SMILES string of the molecule is Cn1c(=O)ccc(=O)n1-c1ccccc1. The van der Waals surface area contributed by atoms with Crippen LogP contribution in [0.1, 0.15) is 0 Å². The Morgan fingerprint density at radius 2 is 1.47 bits per heavy atom. The van der Waals surface area contributed by atoms with E-state index < -0.39 is 0 Å². The van der Waals surface area contributed by atoms with Crippen molar-refractivity contribution in [1.82, 2.24) is 9.36 Å². The molecule has 0 radical (unpaired) electrons. The van der Waals surface area contributed by atoms with Crippen molar-refractivity contribution >= 4 is 0 Å². The molecule has 2 rings (SSSR count). The maximum absolute atomic E-state index is 11.6. The molecule has 0 fully saturated rings. The third kappa shape index (κ3) is 1.61. The summed E-state index contributed by atoms with van der Waals surface area (Å²) in [6.07, 6.45) is 0. The van der Waals surface area contributed by atoms with E-state index in [-0.39, 0.29) is 11.1 Å². The number of hydrogen-bond donors (Lipinski definition) is 0. The van der Waals surface area contributed by atoms with Crippen molar-refractivity contribution in [3.05, 3.63) is 63.2 Å². The first-order valence-electron chi connectivity index (χ1n) is 4.55. The molecule has 1 heterocycles. The topological polar surface area (TPSA) is 44.0 Å². The van der Waals surface area contributed by atoms with Crippen LogP contribution in [0.2, 0.25) is 0 Å². The highest BCUT2D eigenvalue weighted by Gasteiger charge is 2.02. The third-order valence-corrected chi connectivity index (χ3v) is 2.20. The van der Waals surface area contributed by atoms with Crippen LogP contribution < -0.4 is 11.1 Å². The van der Waals surface area contributed by atoms with E-state index in [1.807, 2.05) is 18.2 Å². The van der Waals surface area contributed by atoms with Crippen molar-refractivity contribution in [1.29, 1.82) is 0 Å². The lowest BCUT2D eigenvalue weighted by Gasteiger charge is -2.09. The molecule has 2 aromatic rings. The number of nitrogens with zero attached hydrogens (tertiary/aromatic N) is 2. The lowest BCUT2D eigenvalue weighted by molar-refractivity contribution is 0.593. The van der Waals surface area contributed by atoms with Crippen LogP contribution in [0.15, 0.2) is 52.1 Å². The summed E-state index contributed by atoms with van der Waals surface area (Å²) < 4.78 is 2.62. The molecule has 0 spiro atoms. The monoisotopic (exact) mass is 202 g/mol. The third-order valence-electron chi connectivity index (χ3n) is 2.20. The number of para-hydroxylation sites is 1. The van der Waals surface area contributed by atoms with Crippen molar-refractivity contribution in [2.45, 2.75) is 0 Å². The second-order valence-corrected chi connectivity index (χ2v) is 3.18. The van der Waals surface area contributed by atoms with E-state index in [4.69, 9.17) is 0 Å². The fourth-order valence-corrected chi connectivity index (χ4v) is 1.44. The zero-order valence-corrected chi connectivity index (χ0v) is 8.25. The van der Waals surface area contributed by atoms with Crippen LogP contribution in [0, 0.1) is 0 Å². The molecule has 0 aliphatic carbocycles. The molecule has 15 heavy (non-hydrogen) atoms. The molecule has 0 N–H and O–H groups in total. The van der Waals surface area contributed by atoms with E-state index in [2.05, 4.69) is 0 Å². The molecule has 76 valence electrons. The summed E-state index contributed by atoms with van der Waals surface area (Å²) in [7, 11) is 1.57. The van der Waals surface area contributed by atoms with Crippen LogP contribution in [0.3, 0.4) is 0 Å². The summed E-state index contributed by atoms with van der Waals surface area (Å²) in [5.74, 6) is 0. The zero-order valence-electron chi connectivity index (χ0n) is 8.25. The summed E-state index contributed by atoms with van der Waals surface area (Å²) in [4.78, 5) is 23.0. The summed E-state index contributed by atoms with van der Waals surface area (Å²) in [6, 6.07) is 11.6. The van der Waals surface area contributed by atoms with Crippen molar-refractivity contribution in [3.63, 3.8) is 0 Å². The molecule has 0 aliphatic rings. The first kappa shape index (κ1) is 9.45. The minimum Gasteiger partial charge on any atom is -0.268 e. The Morgan fingerprint density at radius 1 is 0.867 bits per heavy atom. The van der Waals surface area contributed by atoms with Gasteiger partial charge in [0.05, 0.1) is 5.69 Å². The largest absolute Gasteiger partial charge is 0.270 e. The summed E-state index contributed by atoms with van der Waals surface area (Å²) in [5, 5.41) is 0. The summed E-state index contributed by atoms with van der Waals surface area (Å²) in [5.41, 5.74) is 0.254. The van der Waals surface area contributed by atoms with E-state index in [0.717, 1.165) is 0 Å². The van der Waals surface area contributed by atoms with Crippen LogP contribution in [-0.2, 0) is 7.05 Å². The lowest BCUT2D eigenvalue weighted by atomic mass is 10.3. The van der Waals surface area contributed by atoms with Gasteiger partial charge in [-0.25, -0.2) is 9.36 Å².